The molecule has 0 radical (unpaired) electrons. The predicted octanol–water partition coefficient (Wildman–Crippen LogP) is 3.20. The first-order valence-electron chi connectivity index (χ1n) is 6.71. The number of aliphatic hydroxyl groups is 1. The van der Waals surface area contributed by atoms with Gasteiger partial charge in [0.1, 0.15) is 0 Å². The molecule has 0 bridgehead atoms. The predicted molar refractivity (Wildman–Crippen MR) is 69.7 cm³/mol. The van der Waals surface area contributed by atoms with Crippen LogP contribution in [-0.4, -0.2) is 15.7 Å². The topological polar surface area (TPSA) is 33.1 Å². The van der Waals surface area contributed by atoms with Gasteiger partial charge in [-0.05, 0) is 49.7 Å². The molecule has 2 heteroatoms. The first-order valence-corrected chi connectivity index (χ1v) is 6.71. The zero-order valence-electron chi connectivity index (χ0n) is 10.9. The van der Waals surface area contributed by atoms with E-state index in [1.54, 1.807) is 6.20 Å². The summed E-state index contributed by atoms with van der Waals surface area (Å²) in [6.07, 6.45) is 6.66. The molecule has 1 fully saturated rings. The molecule has 1 aliphatic carbocycles. The number of rotatable bonds is 3. The van der Waals surface area contributed by atoms with Crippen molar-refractivity contribution < 1.29 is 5.11 Å². The normalized spacial score (nSPS) is 29.5. The quantitative estimate of drug-likeness (QED) is 0.869. The van der Waals surface area contributed by atoms with Crippen molar-refractivity contribution in [3.05, 3.63) is 30.1 Å². The van der Waals surface area contributed by atoms with Crippen LogP contribution in [0.2, 0.25) is 0 Å². The van der Waals surface area contributed by atoms with Crippen LogP contribution >= 0.6 is 0 Å². The van der Waals surface area contributed by atoms with Crippen molar-refractivity contribution in [3.63, 3.8) is 0 Å². The second-order valence-electron chi connectivity index (χ2n) is 5.80. The summed E-state index contributed by atoms with van der Waals surface area (Å²) in [5.41, 5.74) is 0.498. The number of hydrogen-bond acceptors (Lipinski definition) is 2. The van der Waals surface area contributed by atoms with Gasteiger partial charge in [-0.2, -0.15) is 0 Å². The average Bonchev–Trinajstić information content (AvgIpc) is 2.30. The number of hydrogen-bond donors (Lipinski definition) is 1. The molecule has 0 spiro atoms. The molecule has 0 atom stereocenters. The van der Waals surface area contributed by atoms with E-state index in [4.69, 9.17) is 0 Å². The Bertz CT molecular complexity index is 339. The van der Waals surface area contributed by atoms with Crippen LogP contribution in [0.15, 0.2) is 24.4 Å². The highest BCUT2D eigenvalue weighted by atomic mass is 16.3. The van der Waals surface area contributed by atoms with Crippen LogP contribution in [0.25, 0.3) is 0 Å². The van der Waals surface area contributed by atoms with Gasteiger partial charge in [0.15, 0.2) is 0 Å². The van der Waals surface area contributed by atoms with Crippen LogP contribution in [0.5, 0.6) is 0 Å². The summed E-state index contributed by atoms with van der Waals surface area (Å²) >= 11 is 0. The third-order valence-corrected chi connectivity index (χ3v) is 4.14. The minimum absolute atomic E-state index is 0.514. The Balaban J connectivity index is 1.94. The van der Waals surface area contributed by atoms with Crippen LogP contribution in [0, 0.1) is 11.8 Å². The third kappa shape index (κ3) is 3.29. The Hall–Kier alpha value is -0.890. The van der Waals surface area contributed by atoms with E-state index in [2.05, 4.69) is 18.8 Å². The molecule has 2 rings (SSSR count). The molecule has 1 aliphatic rings. The van der Waals surface area contributed by atoms with Gasteiger partial charge in [0.25, 0.3) is 0 Å². The van der Waals surface area contributed by atoms with E-state index in [9.17, 15) is 5.11 Å². The molecule has 1 saturated carbocycles. The van der Waals surface area contributed by atoms with Crippen LogP contribution in [0.4, 0.5) is 0 Å². The zero-order chi connectivity index (χ0) is 12.3. The van der Waals surface area contributed by atoms with Gasteiger partial charge < -0.3 is 5.11 Å². The molecular formula is C15H23NO. The van der Waals surface area contributed by atoms with E-state index in [0.29, 0.717) is 6.42 Å². The highest BCUT2D eigenvalue weighted by molar-refractivity contribution is 5.07. The minimum Gasteiger partial charge on any atom is -0.389 e. The van der Waals surface area contributed by atoms with Crippen LogP contribution in [0.3, 0.4) is 0 Å². The summed E-state index contributed by atoms with van der Waals surface area (Å²) in [4.78, 5) is 4.31. The molecule has 1 N–H and O–H groups in total. The van der Waals surface area contributed by atoms with Gasteiger partial charge in [0, 0.05) is 18.3 Å². The summed E-state index contributed by atoms with van der Waals surface area (Å²) in [5.74, 6) is 1.54. The van der Waals surface area contributed by atoms with Crippen molar-refractivity contribution in [2.75, 3.05) is 0 Å². The van der Waals surface area contributed by atoms with E-state index >= 15 is 0 Å². The zero-order valence-corrected chi connectivity index (χ0v) is 10.9. The second kappa shape index (κ2) is 5.18. The van der Waals surface area contributed by atoms with Gasteiger partial charge in [0.05, 0.1) is 5.60 Å². The van der Waals surface area contributed by atoms with E-state index in [1.165, 1.54) is 0 Å². The number of aromatic nitrogens is 1. The molecule has 1 aromatic heterocycles. The lowest BCUT2D eigenvalue weighted by Crippen LogP contribution is -2.37. The maximum atomic E-state index is 10.6. The lowest BCUT2D eigenvalue weighted by molar-refractivity contribution is -0.0153. The Morgan fingerprint density at radius 2 is 2.06 bits per heavy atom. The Morgan fingerprint density at radius 1 is 1.35 bits per heavy atom. The van der Waals surface area contributed by atoms with Crippen LogP contribution in [0.1, 0.15) is 45.2 Å². The molecular weight excluding hydrogens is 210 g/mol. The smallest absolute Gasteiger partial charge is 0.0703 e. The fraction of sp³-hybridized carbons (Fsp3) is 0.667. The Labute approximate surface area is 104 Å². The molecule has 0 aliphatic heterocycles. The monoisotopic (exact) mass is 233 g/mol. The van der Waals surface area contributed by atoms with Gasteiger partial charge in [0.2, 0.25) is 0 Å². The Kier molecular flexibility index (Phi) is 3.82. The maximum absolute atomic E-state index is 10.6. The summed E-state index contributed by atoms with van der Waals surface area (Å²) in [6.45, 7) is 4.57. The molecule has 1 aromatic rings. The summed E-state index contributed by atoms with van der Waals surface area (Å²) in [6, 6.07) is 5.92. The average molecular weight is 233 g/mol. The second-order valence-corrected chi connectivity index (χ2v) is 5.80. The maximum Gasteiger partial charge on any atom is 0.0703 e. The fourth-order valence-electron chi connectivity index (χ4n) is 2.86. The molecule has 0 unspecified atom stereocenters. The van der Waals surface area contributed by atoms with Crippen molar-refractivity contribution >= 4 is 0 Å². The largest absolute Gasteiger partial charge is 0.389 e. The van der Waals surface area contributed by atoms with Gasteiger partial charge in [-0.1, -0.05) is 19.9 Å². The van der Waals surface area contributed by atoms with Gasteiger partial charge >= 0.3 is 0 Å². The van der Waals surface area contributed by atoms with Crippen LogP contribution in [-0.2, 0) is 6.42 Å². The summed E-state index contributed by atoms with van der Waals surface area (Å²) < 4.78 is 0. The number of pyridine rings is 1. The van der Waals surface area contributed by atoms with Crippen molar-refractivity contribution in [1.29, 1.82) is 0 Å². The van der Waals surface area contributed by atoms with Crippen molar-refractivity contribution in [3.8, 4) is 0 Å². The number of nitrogens with zero attached hydrogens (tertiary/aromatic N) is 1. The standard InChI is InChI=1S/C15H23NO/c1-12(2)13-6-8-15(17,9-7-13)11-14-5-3-4-10-16-14/h3-5,10,12-13,17H,6-9,11H2,1-2H3. The lowest BCUT2D eigenvalue weighted by Gasteiger charge is -2.37. The molecule has 1 heterocycles. The molecule has 94 valence electrons. The van der Waals surface area contributed by atoms with Crippen molar-refractivity contribution in [1.82, 2.24) is 4.98 Å². The highest BCUT2D eigenvalue weighted by Crippen LogP contribution is 2.37. The Morgan fingerprint density at radius 3 is 2.59 bits per heavy atom. The van der Waals surface area contributed by atoms with Crippen molar-refractivity contribution in [2.45, 2.75) is 51.6 Å². The fourth-order valence-corrected chi connectivity index (χ4v) is 2.86. The van der Waals surface area contributed by atoms with E-state index in [-0.39, 0.29) is 0 Å². The highest BCUT2D eigenvalue weighted by Gasteiger charge is 2.34. The summed E-state index contributed by atoms with van der Waals surface area (Å²) in [5, 5.41) is 10.6. The molecule has 0 amide bonds. The van der Waals surface area contributed by atoms with Gasteiger partial charge in [-0.3, -0.25) is 4.98 Å². The lowest BCUT2D eigenvalue weighted by atomic mass is 9.73. The van der Waals surface area contributed by atoms with E-state index in [1.807, 2.05) is 18.2 Å². The minimum atomic E-state index is -0.514. The van der Waals surface area contributed by atoms with E-state index in [0.717, 1.165) is 43.2 Å². The van der Waals surface area contributed by atoms with E-state index < -0.39 is 5.60 Å². The first-order chi connectivity index (χ1) is 8.09. The van der Waals surface area contributed by atoms with Crippen LogP contribution < -0.4 is 0 Å². The molecule has 0 saturated heterocycles. The summed E-state index contributed by atoms with van der Waals surface area (Å²) in [7, 11) is 0. The molecule has 0 aromatic carbocycles. The third-order valence-electron chi connectivity index (χ3n) is 4.14. The van der Waals surface area contributed by atoms with Crippen molar-refractivity contribution in [2.24, 2.45) is 11.8 Å². The first kappa shape index (κ1) is 12.6. The SMILES string of the molecule is CC(C)C1CCC(O)(Cc2ccccn2)CC1. The van der Waals surface area contributed by atoms with Gasteiger partial charge in [-0.25, -0.2) is 0 Å². The molecule has 17 heavy (non-hydrogen) atoms. The van der Waals surface area contributed by atoms with Gasteiger partial charge in [-0.15, -0.1) is 0 Å². The molecule has 2 nitrogen and oxygen atoms in total.